The van der Waals surface area contributed by atoms with E-state index in [0.717, 1.165) is 12.3 Å². The molecule has 0 aromatic rings. The number of hydrogen-bond acceptors (Lipinski definition) is 4. The van der Waals surface area contributed by atoms with Crippen molar-refractivity contribution in [2.75, 3.05) is 25.6 Å². The van der Waals surface area contributed by atoms with Gasteiger partial charge >= 0.3 is 0 Å². The topological polar surface area (TPSA) is 38.3 Å². The molecule has 0 rings (SSSR count). The van der Waals surface area contributed by atoms with E-state index >= 15 is 0 Å². The maximum Gasteiger partial charge on any atom is 0.254 e. The van der Waals surface area contributed by atoms with Gasteiger partial charge in [-0.1, -0.05) is 25.2 Å². The summed E-state index contributed by atoms with van der Waals surface area (Å²) in [6, 6.07) is 0.490. The molecule has 0 bridgehead atoms. The third-order valence-corrected chi connectivity index (χ3v) is 5.20. The smallest absolute Gasteiger partial charge is 0.254 e. The Morgan fingerprint density at radius 2 is 2.15 bits per heavy atom. The summed E-state index contributed by atoms with van der Waals surface area (Å²) in [6.07, 6.45) is 0. The van der Waals surface area contributed by atoms with Gasteiger partial charge in [0.15, 0.2) is 0 Å². The Balaban J connectivity index is 3.46. The Morgan fingerprint density at radius 3 is 2.62 bits per heavy atom. The van der Waals surface area contributed by atoms with Crippen LogP contribution in [0.2, 0.25) is 0 Å². The van der Waals surface area contributed by atoms with Crippen LogP contribution in [0, 0.1) is 0 Å². The predicted octanol–water partition coefficient (Wildman–Crippen LogP) is 2.58. The molecule has 1 N–H and O–H groups in total. The molecule has 80 valence electrons. The van der Waals surface area contributed by atoms with Crippen molar-refractivity contribution < 1.29 is 9.09 Å². The van der Waals surface area contributed by atoms with E-state index in [0.29, 0.717) is 12.6 Å². The highest BCUT2D eigenvalue weighted by Crippen LogP contribution is 2.55. The monoisotopic (exact) mass is 225 g/mol. The highest BCUT2D eigenvalue weighted by molar-refractivity contribution is 8.56. The van der Waals surface area contributed by atoms with Crippen LogP contribution in [0.15, 0.2) is 0 Å². The lowest BCUT2D eigenvalue weighted by atomic mass is 10.4. The molecule has 1 atom stereocenters. The first-order chi connectivity index (χ1) is 5.98. The molecular formula is C8H20NO2PS. The van der Waals surface area contributed by atoms with Crippen molar-refractivity contribution in [2.45, 2.75) is 26.8 Å². The Bertz CT molecular complexity index is 176. The number of rotatable bonds is 7. The molecular weight excluding hydrogens is 205 g/mol. The lowest BCUT2D eigenvalue weighted by Crippen LogP contribution is -2.24. The van der Waals surface area contributed by atoms with Crippen molar-refractivity contribution >= 4 is 18.0 Å². The maximum atomic E-state index is 11.6. The Morgan fingerprint density at radius 1 is 1.54 bits per heavy atom. The van der Waals surface area contributed by atoms with E-state index in [1.165, 1.54) is 11.4 Å². The first kappa shape index (κ1) is 13.5. The van der Waals surface area contributed by atoms with Gasteiger partial charge in [0.1, 0.15) is 0 Å². The molecule has 0 fully saturated rings. The summed E-state index contributed by atoms with van der Waals surface area (Å²) in [4.78, 5) is 0. The summed E-state index contributed by atoms with van der Waals surface area (Å²) in [5, 5.41) is 3.26. The van der Waals surface area contributed by atoms with Crippen molar-refractivity contribution in [3.8, 4) is 0 Å². The largest absolute Gasteiger partial charge is 0.322 e. The van der Waals surface area contributed by atoms with Gasteiger partial charge in [-0.2, -0.15) is 0 Å². The molecule has 0 saturated heterocycles. The predicted molar refractivity (Wildman–Crippen MR) is 60.8 cm³/mol. The zero-order chi connectivity index (χ0) is 10.3. The fourth-order valence-corrected chi connectivity index (χ4v) is 3.72. The molecule has 0 aromatic heterocycles. The third kappa shape index (κ3) is 8.82. The Kier molecular flexibility index (Phi) is 7.15. The highest BCUT2D eigenvalue weighted by atomic mass is 32.7. The number of nitrogens with one attached hydrogen (secondary N) is 1. The lowest BCUT2D eigenvalue weighted by Gasteiger charge is -2.12. The first-order valence-electron chi connectivity index (χ1n) is 4.58. The van der Waals surface area contributed by atoms with Gasteiger partial charge in [-0.25, -0.2) is 0 Å². The van der Waals surface area contributed by atoms with Crippen molar-refractivity contribution in [3.63, 3.8) is 0 Å². The van der Waals surface area contributed by atoms with Gasteiger partial charge in [-0.3, -0.25) is 4.57 Å². The molecule has 5 heteroatoms. The van der Waals surface area contributed by atoms with Gasteiger partial charge in [0.05, 0.1) is 6.61 Å². The van der Waals surface area contributed by atoms with Crippen LogP contribution in [0.1, 0.15) is 20.8 Å². The summed E-state index contributed by atoms with van der Waals surface area (Å²) in [5.74, 6) is 0.839. The minimum absolute atomic E-state index is 0.490. The molecule has 0 aliphatic rings. The van der Waals surface area contributed by atoms with Crippen LogP contribution in [-0.4, -0.2) is 31.6 Å². The van der Waals surface area contributed by atoms with Gasteiger partial charge in [0, 0.05) is 25.0 Å². The van der Waals surface area contributed by atoms with Crippen LogP contribution < -0.4 is 5.32 Å². The molecule has 0 amide bonds. The molecule has 0 heterocycles. The SMILES string of the molecule is CCOP(C)(=O)SCCNC(C)C. The summed E-state index contributed by atoms with van der Waals surface area (Å²) >= 11 is 1.42. The van der Waals surface area contributed by atoms with Crippen LogP contribution in [-0.2, 0) is 9.09 Å². The second kappa shape index (κ2) is 6.88. The van der Waals surface area contributed by atoms with Gasteiger partial charge in [-0.05, 0) is 6.92 Å². The normalized spacial score (nSPS) is 16.1. The lowest BCUT2D eigenvalue weighted by molar-refractivity contribution is 0.350. The van der Waals surface area contributed by atoms with Gasteiger partial charge < -0.3 is 9.84 Å². The molecule has 0 spiro atoms. The van der Waals surface area contributed by atoms with E-state index in [2.05, 4.69) is 19.2 Å². The highest BCUT2D eigenvalue weighted by Gasteiger charge is 2.14. The average Bonchev–Trinajstić information content (AvgIpc) is 1.98. The summed E-state index contributed by atoms with van der Waals surface area (Å²) < 4.78 is 16.7. The second-order valence-electron chi connectivity index (χ2n) is 3.13. The molecule has 3 nitrogen and oxygen atoms in total. The maximum absolute atomic E-state index is 11.6. The van der Waals surface area contributed by atoms with Crippen molar-refractivity contribution in [1.82, 2.24) is 5.32 Å². The van der Waals surface area contributed by atoms with E-state index in [1.54, 1.807) is 6.66 Å². The van der Waals surface area contributed by atoms with E-state index in [9.17, 15) is 4.57 Å². The molecule has 0 aromatic carbocycles. The fraction of sp³-hybridized carbons (Fsp3) is 1.00. The quantitative estimate of drug-likeness (QED) is 0.534. The summed E-state index contributed by atoms with van der Waals surface area (Å²) in [7, 11) is 0. The minimum Gasteiger partial charge on any atom is -0.322 e. The molecule has 1 unspecified atom stereocenters. The first-order valence-corrected chi connectivity index (χ1v) is 8.24. The van der Waals surface area contributed by atoms with Crippen LogP contribution >= 0.6 is 18.0 Å². The Hall–Kier alpha value is 0.500. The fourth-order valence-electron chi connectivity index (χ4n) is 0.831. The second-order valence-corrected chi connectivity index (χ2v) is 8.36. The molecule has 0 aliphatic carbocycles. The van der Waals surface area contributed by atoms with Gasteiger partial charge in [0.25, 0.3) is 6.57 Å². The minimum atomic E-state index is -2.38. The molecule has 0 radical (unpaired) electrons. The summed E-state index contributed by atoms with van der Waals surface area (Å²) in [6.45, 7) is 6.77. The average molecular weight is 225 g/mol. The number of hydrogen-bond donors (Lipinski definition) is 1. The van der Waals surface area contributed by atoms with Gasteiger partial charge in [0.2, 0.25) is 0 Å². The molecule has 0 saturated carbocycles. The van der Waals surface area contributed by atoms with E-state index in [-0.39, 0.29) is 0 Å². The van der Waals surface area contributed by atoms with Crippen LogP contribution in [0.4, 0.5) is 0 Å². The zero-order valence-electron chi connectivity index (χ0n) is 8.87. The van der Waals surface area contributed by atoms with Crippen molar-refractivity contribution in [3.05, 3.63) is 0 Å². The zero-order valence-corrected chi connectivity index (χ0v) is 10.6. The standard InChI is InChI=1S/C8H20NO2PS/c1-5-11-12(4,10)13-7-6-9-8(2)3/h8-9H,5-7H2,1-4H3. The van der Waals surface area contributed by atoms with Gasteiger partial charge in [-0.15, -0.1) is 0 Å². The van der Waals surface area contributed by atoms with Crippen molar-refractivity contribution in [1.29, 1.82) is 0 Å². The van der Waals surface area contributed by atoms with Crippen LogP contribution in [0.3, 0.4) is 0 Å². The van der Waals surface area contributed by atoms with E-state index < -0.39 is 6.57 Å². The summed E-state index contributed by atoms with van der Waals surface area (Å²) in [5.41, 5.74) is 0. The van der Waals surface area contributed by atoms with Crippen LogP contribution in [0.5, 0.6) is 0 Å². The van der Waals surface area contributed by atoms with Crippen LogP contribution in [0.25, 0.3) is 0 Å². The van der Waals surface area contributed by atoms with E-state index in [4.69, 9.17) is 4.52 Å². The van der Waals surface area contributed by atoms with Crippen molar-refractivity contribution in [2.24, 2.45) is 0 Å². The Labute approximate surface area is 85.2 Å². The molecule has 13 heavy (non-hydrogen) atoms. The third-order valence-electron chi connectivity index (χ3n) is 1.34. The molecule has 0 aliphatic heterocycles. The van der Waals surface area contributed by atoms with E-state index in [1.807, 2.05) is 6.92 Å².